The molecule has 1 amide bonds. The first-order valence-corrected chi connectivity index (χ1v) is 4.39. The van der Waals surface area contributed by atoms with E-state index in [0.717, 1.165) is 19.6 Å². The number of hydrogen-bond donors (Lipinski definition) is 1. The average Bonchev–Trinajstić information content (AvgIpc) is 2.36. The molecule has 0 spiro atoms. The maximum Gasteiger partial charge on any atom is 0.217 e. The van der Waals surface area contributed by atoms with E-state index in [-0.39, 0.29) is 17.4 Å². The van der Waals surface area contributed by atoms with Crippen LogP contribution < -0.4 is 5.32 Å². The van der Waals surface area contributed by atoms with Gasteiger partial charge in [-0.1, -0.05) is 6.92 Å². The third kappa shape index (κ3) is 1.97. The van der Waals surface area contributed by atoms with E-state index in [9.17, 15) is 4.79 Å². The lowest BCUT2D eigenvalue weighted by atomic mass is 9.82. The quantitative estimate of drug-likeness (QED) is 0.671. The fourth-order valence-electron chi connectivity index (χ4n) is 1.50. The Labute approximate surface area is 73.5 Å². The third-order valence-electron chi connectivity index (χ3n) is 2.71. The van der Waals surface area contributed by atoms with Crippen molar-refractivity contribution in [3.8, 4) is 0 Å². The molecule has 0 saturated carbocycles. The molecule has 2 atom stereocenters. The van der Waals surface area contributed by atoms with E-state index >= 15 is 0 Å². The number of rotatable bonds is 2. The molecule has 0 aromatic heterocycles. The Hall–Kier alpha value is -0.570. The van der Waals surface area contributed by atoms with Crippen LogP contribution in [0.2, 0.25) is 0 Å². The van der Waals surface area contributed by atoms with Crippen LogP contribution in [0.25, 0.3) is 0 Å². The summed E-state index contributed by atoms with van der Waals surface area (Å²) in [5.74, 6) is 0.0376. The van der Waals surface area contributed by atoms with Crippen LogP contribution in [0.4, 0.5) is 0 Å². The number of hydrogen-bond acceptors (Lipinski definition) is 2. The van der Waals surface area contributed by atoms with Crippen molar-refractivity contribution < 1.29 is 9.53 Å². The standard InChI is InChI=1S/C9H17NO2/c1-7(10-8(2)11)9(3)4-5-12-6-9/h7H,4-6H2,1-3H3,(H,10,11). The minimum atomic E-state index is 0.0376. The van der Waals surface area contributed by atoms with Crippen molar-refractivity contribution in [2.45, 2.75) is 33.2 Å². The third-order valence-corrected chi connectivity index (χ3v) is 2.71. The second-order valence-corrected chi connectivity index (χ2v) is 3.88. The van der Waals surface area contributed by atoms with Crippen molar-refractivity contribution in [3.63, 3.8) is 0 Å². The van der Waals surface area contributed by atoms with Gasteiger partial charge in [0.2, 0.25) is 5.91 Å². The zero-order valence-electron chi connectivity index (χ0n) is 8.02. The van der Waals surface area contributed by atoms with Crippen LogP contribution in [0, 0.1) is 5.41 Å². The second kappa shape index (κ2) is 3.44. The van der Waals surface area contributed by atoms with E-state index in [1.54, 1.807) is 6.92 Å². The fourth-order valence-corrected chi connectivity index (χ4v) is 1.50. The van der Waals surface area contributed by atoms with Crippen LogP contribution in [-0.2, 0) is 9.53 Å². The summed E-state index contributed by atoms with van der Waals surface area (Å²) < 4.78 is 5.31. The first kappa shape index (κ1) is 9.52. The maximum atomic E-state index is 10.8. The number of carbonyl (C=O) groups is 1. The molecule has 0 aromatic rings. The van der Waals surface area contributed by atoms with E-state index in [0.29, 0.717) is 0 Å². The highest BCUT2D eigenvalue weighted by Crippen LogP contribution is 2.31. The molecule has 2 unspecified atom stereocenters. The topological polar surface area (TPSA) is 38.3 Å². The second-order valence-electron chi connectivity index (χ2n) is 3.88. The van der Waals surface area contributed by atoms with Crippen LogP contribution in [0.3, 0.4) is 0 Å². The Morgan fingerprint density at radius 1 is 1.67 bits per heavy atom. The number of amides is 1. The van der Waals surface area contributed by atoms with Gasteiger partial charge in [0, 0.05) is 25.0 Å². The molecule has 3 nitrogen and oxygen atoms in total. The molecule has 0 bridgehead atoms. The number of nitrogens with one attached hydrogen (secondary N) is 1. The van der Waals surface area contributed by atoms with E-state index in [1.807, 2.05) is 6.92 Å². The highest BCUT2D eigenvalue weighted by molar-refractivity contribution is 5.73. The van der Waals surface area contributed by atoms with Crippen LogP contribution in [0.5, 0.6) is 0 Å². The molecular formula is C9H17NO2. The van der Waals surface area contributed by atoms with E-state index in [4.69, 9.17) is 4.74 Å². The Balaban J connectivity index is 2.49. The summed E-state index contributed by atoms with van der Waals surface area (Å²) in [6.45, 7) is 7.32. The summed E-state index contributed by atoms with van der Waals surface area (Å²) in [4.78, 5) is 10.8. The van der Waals surface area contributed by atoms with Gasteiger partial charge in [0.1, 0.15) is 0 Å². The predicted molar refractivity (Wildman–Crippen MR) is 46.8 cm³/mol. The summed E-state index contributed by atoms with van der Waals surface area (Å²) in [5.41, 5.74) is 0.131. The Morgan fingerprint density at radius 3 is 2.75 bits per heavy atom. The summed E-state index contributed by atoms with van der Waals surface area (Å²) in [5, 5.41) is 2.91. The first-order valence-electron chi connectivity index (χ1n) is 4.39. The predicted octanol–water partition coefficient (Wildman–Crippen LogP) is 0.938. The molecule has 0 aromatic carbocycles. The van der Waals surface area contributed by atoms with Crippen molar-refractivity contribution in [1.82, 2.24) is 5.32 Å². The van der Waals surface area contributed by atoms with Crippen LogP contribution >= 0.6 is 0 Å². The van der Waals surface area contributed by atoms with Crippen molar-refractivity contribution in [2.24, 2.45) is 5.41 Å². The van der Waals surface area contributed by atoms with Crippen molar-refractivity contribution in [1.29, 1.82) is 0 Å². The highest BCUT2D eigenvalue weighted by atomic mass is 16.5. The Bertz CT molecular complexity index is 173. The van der Waals surface area contributed by atoms with Gasteiger partial charge in [-0.2, -0.15) is 0 Å². The van der Waals surface area contributed by atoms with E-state index < -0.39 is 0 Å². The number of carbonyl (C=O) groups excluding carboxylic acids is 1. The van der Waals surface area contributed by atoms with Gasteiger partial charge in [0.15, 0.2) is 0 Å². The molecular weight excluding hydrogens is 154 g/mol. The SMILES string of the molecule is CC(=O)NC(C)C1(C)CCOC1. The number of ether oxygens (including phenoxy) is 1. The minimum Gasteiger partial charge on any atom is -0.381 e. The van der Waals surface area contributed by atoms with Gasteiger partial charge in [0.25, 0.3) is 0 Å². The summed E-state index contributed by atoms with van der Waals surface area (Å²) in [6.07, 6.45) is 1.04. The summed E-state index contributed by atoms with van der Waals surface area (Å²) in [7, 11) is 0. The molecule has 1 aliphatic rings. The molecule has 1 saturated heterocycles. The van der Waals surface area contributed by atoms with Gasteiger partial charge in [-0.05, 0) is 13.3 Å². The molecule has 1 heterocycles. The monoisotopic (exact) mass is 171 g/mol. The van der Waals surface area contributed by atoms with E-state index in [2.05, 4.69) is 12.2 Å². The lowest BCUT2D eigenvalue weighted by molar-refractivity contribution is -0.120. The minimum absolute atomic E-state index is 0.0376. The van der Waals surface area contributed by atoms with Crippen molar-refractivity contribution in [3.05, 3.63) is 0 Å². The molecule has 70 valence electrons. The lowest BCUT2D eigenvalue weighted by Crippen LogP contribution is -2.43. The highest BCUT2D eigenvalue weighted by Gasteiger charge is 2.35. The lowest BCUT2D eigenvalue weighted by Gasteiger charge is -2.29. The molecule has 1 fully saturated rings. The molecule has 1 aliphatic heterocycles. The largest absolute Gasteiger partial charge is 0.381 e. The summed E-state index contributed by atoms with van der Waals surface area (Å²) in [6, 6.07) is 0.206. The molecule has 0 aliphatic carbocycles. The van der Waals surface area contributed by atoms with Crippen molar-refractivity contribution >= 4 is 5.91 Å². The van der Waals surface area contributed by atoms with Gasteiger partial charge >= 0.3 is 0 Å². The fraction of sp³-hybridized carbons (Fsp3) is 0.889. The van der Waals surface area contributed by atoms with Gasteiger partial charge < -0.3 is 10.1 Å². The molecule has 0 radical (unpaired) electrons. The summed E-state index contributed by atoms with van der Waals surface area (Å²) >= 11 is 0. The molecule has 1 N–H and O–H groups in total. The first-order chi connectivity index (χ1) is 5.54. The zero-order valence-corrected chi connectivity index (χ0v) is 8.02. The van der Waals surface area contributed by atoms with Gasteiger partial charge in [0.05, 0.1) is 6.61 Å². The zero-order chi connectivity index (χ0) is 9.19. The van der Waals surface area contributed by atoms with Crippen LogP contribution in [0.1, 0.15) is 27.2 Å². The van der Waals surface area contributed by atoms with E-state index in [1.165, 1.54) is 0 Å². The Morgan fingerprint density at radius 2 is 2.33 bits per heavy atom. The van der Waals surface area contributed by atoms with Gasteiger partial charge in [-0.15, -0.1) is 0 Å². The van der Waals surface area contributed by atoms with Crippen LogP contribution in [0.15, 0.2) is 0 Å². The van der Waals surface area contributed by atoms with Crippen molar-refractivity contribution in [2.75, 3.05) is 13.2 Å². The molecule has 1 rings (SSSR count). The van der Waals surface area contributed by atoms with Gasteiger partial charge in [-0.3, -0.25) is 4.79 Å². The average molecular weight is 171 g/mol. The smallest absolute Gasteiger partial charge is 0.217 e. The molecule has 3 heteroatoms. The Kier molecular flexibility index (Phi) is 2.73. The van der Waals surface area contributed by atoms with Gasteiger partial charge in [-0.25, -0.2) is 0 Å². The van der Waals surface area contributed by atoms with Crippen LogP contribution in [-0.4, -0.2) is 25.2 Å². The normalized spacial score (nSPS) is 31.6. The maximum absolute atomic E-state index is 10.8. The molecule has 12 heavy (non-hydrogen) atoms.